The van der Waals surface area contributed by atoms with Crippen LogP contribution in [0.2, 0.25) is 0 Å². The minimum Gasteiger partial charge on any atom is -0.299 e. The minimum atomic E-state index is -0.127. The fourth-order valence-corrected chi connectivity index (χ4v) is 11.1. The molecular formula is C30H48O. The predicted octanol–water partition coefficient (Wildman–Crippen LogP) is 8.38. The number of hydrogen-bond donors (Lipinski definition) is 0. The van der Waals surface area contributed by atoms with Crippen molar-refractivity contribution in [3.63, 3.8) is 0 Å². The molecule has 0 aliphatic heterocycles. The standard InChI is InChI=1S/C30H48O/c1-19(2)20-11-15-27(5)21(20)12-17-29(7)23(27)9-10-24-28(6)16-14-25(31)26(3,4)22(28)13-18-30(24,29)8/h19,22-24H,9-18H2,1-8H3/t22?,23-,24-,27+,28+,29-,30-/m1/s1. The zero-order chi connectivity index (χ0) is 22.6. The Morgan fingerprint density at radius 3 is 2.03 bits per heavy atom. The molecule has 0 aromatic rings. The second-order valence-electron chi connectivity index (χ2n) is 14.3. The molecule has 5 aliphatic rings. The smallest absolute Gasteiger partial charge is 0.138 e. The summed E-state index contributed by atoms with van der Waals surface area (Å²) in [5.41, 5.74) is 5.23. The molecular weight excluding hydrogens is 376 g/mol. The lowest BCUT2D eigenvalue weighted by Gasteiger charge is -2.72. The molecule has 0 aromatic carbocycles. The molecule has 0 radical (unpaired) electrons. The van der Waals surface area contributed by atoms with E-state index in [1.165, 1.54) is 51.4 Å². The Hall–Kier alpha value is -0.590. The second kappa shape index (κ2) is 6.50. The van der Waals surface area contributed by atoms with Gasteiger partial charge < -0.3 is 0 Å². The Kier molecular flexibility index (Phi) is 4.66. The van der Waals surface area contributed by atoms with E-state index in [4.69, 9.17) is 0 Å². The van der Waals surface area contributed by atoms with E-state index in [9.17, 15) is 4.79 Å². The predicted molar refractivity (Wildman–Crippen MR) is 130 cm³/mol. The van der Waals surface area contributed by atoms with E-state index in [2.05, 4.69) is 55.4 Å². The van der Waals surface area contributed by atoms with Crippen LogP contribution in [0.4, 0.5) is 0 Å². The van der Waals surface area contributed by atoms with Crippen molar-refractivity contribution in [3.05, 3.63) is 11.1 Å². The quantitative estimate of drug-likeness (QED) is 0.386. The molecule has 1 heteroatoms. The van der Waals surface area contributed by atoms with Gasteiger partial charge in [-0.25, -0.2) is 0 Å². The zero-order valence-corrected chi connectivity index (χ0v) is 21.8. The Balaban J connectivity index is 1.55. The van der Waals surface area contributed by atoms with E-state index in [1.807, 2.05) is 11.1 Å². The Morgan fingerprint density at radius 2 is 1.35 bits per heavy atom. The lowest BCUT2D eigenvalue weighted by atomic mass is 9.32. The van der Waals surface area contributed by atoms with Crippen LogP contribution in [0, 0.1) is 50.7 Å². The highest BCUT2D eigenvalue weighted by Crippen LogP contribution is 2.77. The van der Waals surface area contributed by atoms with Crippen molar-refractivity contribution >= 4 is 5.78 Å². The lowest BCUT2D eigenvalue weighted by Crippen LogP contribution is -2.66. The lowest BCUT2D eigenvalue weighted by molar-refractivity contribution is -0.224. The van der Waals surface area contributed by atoms with Crippen LogP contribution in [0.3, 0.4) is 0 Å². The molecule has 0 bridgehead atoms. The number of ketones is 1. The Bertz CT molecular complexity index is 831. The van der Waals surface area contributed by atoms with Crippen LogP contribution in [0.15, 0.2) is 11.1 Å². The molecule has 0 saturated heterocycles. The zero-order valence-electron chi connectivity index (χ0n) is 21.8. The maximum absolute atomic E-state index is 12.9. The van der Waals surface area contributed by atoms with Gasteiger partial charge in [-0.1, -0.05) is 66.5 Å². The highest BCUT2D eigenvalue weighted by Gasteiger charge is 2.69. The van der Waals surface area contributed by atoms with Gasteiger partial charge in [0, 0.05) is 11.8 Å². The van der Waals surface area contributed by atoms with Gasteiger partial charge in [0.15, 0.2) is 0 Å². The first-order valence-electron chi connectivity index (χ1n) is 13.6. The first-order chi connectivity index (χ1) is 14.3. The number of carbonyl (C=O) groups excluding carboxylic acids is 1. The molecule has 174 valence electrons. The molecule has 1 unspecified atom stereocenters. The van der Waals surface area contributed by atoms with Gasteiger partial charge in [0.1, 0.15) is 5.78 Å². The van der Waals surface area contributed by atoms with Gasteiger partial charge >= 0.3 is 0 Å². The summed E-state index contributed by atoms with van der Waals surface area (Å²) in [6, 6.07) is 0. The molecule has 0 heterocycles. The maximum Gasteiger partial charge on any atom is 0.138 e. The average Bonchev–Trinajstić information content (AvgIpc) is 3.03. The van der Waals surface area contributed by atoms with Crippen LogP contribution in [0.25, 0.3) is 0 Å². The molecule has 4 fully saturated rings. The van der Waals surface area contributed by atoms with Crippen LogP contribution >= 0.6 is 0 Å². The fraction of sp³-hybridized carbons (Fsp3) is 0.900. The number of hydrogen-bond acceptors (Lipinski definition) is 1. The summed E-state index contributed by atoms with van der Waals surface area (Å²) in [7, 11) is 0. The van der Waals surface area contributed by atoms with Crippen molar-refractivity contribution in [1.82, 2.24) is 0 Å². The molecule has 0 spiro atoms. The summed E-state index contributed by atoms with van der Waals surface area (Å²) in [6.07, 6.45) is 12.9. The van der Waals surface area contributed by atoms with Crippen LogP contribution in [-0.4, -0.2) is 5.78 Å². The second-order valence-corrected chi connectivity index (χ2v) is 14.3. The van der Waals surface area contributed by atoms with E-state index in [-0.39, 0.29) is 5.41 Å². The minimum absolute atomic E-state index is 0.127. The highest BCUT2D eigenvalue weighted by molar-refractivity contribution is 5.85. The van der Waals surface area contributed by atoms with Gasteiger partial charge in [-0.2, -0.15) is 0 Å². The van der Waals surface area contributed by atoms with Gasteiger partial charge in [0.2, 0.25) is 0 Å². The molecule has 5 rings (SSSR count). The number of carbonyl (C=O) groups is 1. The topological polar surface area (TPSA) is 17.1 Å². The van der Waals surface area contributed by atoms with Crippen LogP contribution < -0.4 is 0 Å². The van der Waals surface area contributed by atoms with Crippen molar-refractivity contribution in [2.45, 2.75) is 120 Å². The number of rotatable bonds is 1. The summed E-state index contributed by atoms with van der Waals surface area (Å²) in [5.74, 6) is 3.47. The van der Waals surface area contributed by atoms with Crippen molar-refractivity contribution in [3.8, 4) is 0 Å². The average molecular weight is 425 g/mol. The highest BCUT2D eigenvalue weighted by atomic mass is 16.1. The summed E-state index contributed by atoms with van der Waals surface area (Å²) < 4.78 is 0. The third-order valence-corrected chi connectivity index (χ3v) is 13.0. The first kappa shape index (κ1) is 22.2. The van der Waals surface area contributed by atoms with Crippen LogP contribution in [-0.2, 0) is 4.79 Å². The van der Waals surface area contributed by atoms with E-state index in [0.29, 0.717) is 33.4 Å². The van der Waals surface area contributed by atoms with Crippen LogP contribution in [0.5, 0.6) is 0 Å². The third kappa shape index (κ3) is 2.53. The molecule has 5 aliphatic carbocycles. The summed E-state index contributed by atoms with van der Waals surface area (Å²) in [4.78, 5) is 12.9. The molecule has 0 N–H and O–H groups in total. The molecule has 0 aromatic heterocycles. The molecule has 7 atom stereocenters. The van der Waals surface area contributed by atoms with Gasteiger partial charge in [0.25, 0.3) is 0 Å². The molecule has 31 heavy (non-hydrogen) atoms. The molecule has 4 saturated carbocycles. The van der Waals surface area contributed by atoms with Crippen LogP contribution in [0.1, 0.15) is 120 Å². The monoisotopic (exact) mass is 424 g/mol. The van der Waals surface area contributed by atoms with Crippen molar-refractivity contribution in [2.75, 3.05) is 0 Å². The fourth-order valence-electron chi connectivity index (χ4n) is 11.1. The van der Waals surface area contributed by atoms with Gasteiger partial charge in [-0.15, -0.1) is 0 Å². The van der Waals surface area contributed by atoms with Gasteiger partial charge in [0.05, 0.1) is 0 Å². The summed E-state index contributed by atoms with van der Waals surface area (Å²) in [6.45, 7) is 20.1. The largest absolute Gasteiger partial charge is 0.299 e. The number of Topliss-reactive ketones (excluding diaryl/α,β-unsaturated/α-hetero) is 1. The molecule has 1 nitrogen and oxygen atoms in total. The third-order valence-electron chi connectivity index (χ3n) is 13.0. The Morgan fingerprint density at radius 1 is 0.710 bits per heavy atom. The van der Waals surface area contributed by atoms with Gasteiger partial charge in [-0.3, -0.25) is 4.79 Å². The van der Waals surface area contributed by atoms with E-state index in [1.54, 1.807) is 0 Å². The summed E-state index contributed by atoms with van der Waals surface area (Å²) >= 11 is 0. The van der Waals surface area contributed by atoms with E-state index < -0.39 is 0 Å². The molecule has 0 amide bonds. The number of fused-ring (bicyclic) bond motifs is 7. The summed E-state index contributed by atoms with van der Waals surface area (Å²) in [5, 5.41) is 0. The normalized spacial score (nSPS) is 51.3. The van der Waals surface area contributed by atoms with E-state index in [0.717, 1.165) is 30.6 Å². The van der Waals surface area contributed by atoms with Crippen molar-refractivity contribution in [2.24, 2.45) is 50.7 Å². The van der Waals surface area contributed by atoms with Crippen molar-refractivity contribution in [1.29, 1.82) is 0 Å². The van der Waals surface area contributed by atoms with Gasteiger partial charge in [-0.05, 0) is 103 Å². The first-order valence-corrected chi connectivity index (χ1v) is 13.6. The van der Waals surface area contributed by atoms with Crippen molar-refractivity contribution < 1.29 is 4.79 Å². The van der Waals surface area contributed by atoms with E-state index >= 15 is 0 Å². The Labute approximate surface area is 192 Å². The SMILES string of the molecule is CC(C)C1=C2CC[C@]3(C)[C@H](CC[C@@H]4[C@@]5(C)CCC(=O)C(C)(C)C5CC[C@]43C)[C@@]2(C)CC1. The maximum atomic E-state index is 12.9. The number of allylic oxidation sites excluding steroid dienone is 2.